The number of aromatic amines is 1. The average molecular weight is 418 g/mol. The minimum atomic E-state index is -0.395. The first-order valence-electron chi connectivity index (χ1n) is 9.80. The van der Waals surface area contributed by atoms with Gasteiger partial charge in [0.05, 0.1) is 19.3 Å². The lowest BCUT2D eigenvalue weighted by atomic mass is 9.86. The molecule has 7 nitrogen and oxygen atoms in total. The van der Waals surface area contributed by atoms with Gasteiger partial charge in [-0.2, -0.15) is 0 Å². The molecule has 0 fully saturated rings. The Morgan fingerprint density at radius 1 is 1.28 bits per heavy atom. The summed E-state index contributed by atoms with van der Waals surface area (Å²) in [5, 5.41) is 3.27. The summed E-state index contributed by atoms with van der Waals surface area (Å²) in [6, 6.07) is 5.54. The van der Waals surface area contributed by atoms with Crippen molar-refractivity contribution in [2.75, 3.05) is 24.8 Å². The highest BCUT2D eigenvalue weighted by Gasteiger charge is 2.31. The fraction of sp³-hybridized carbons (Fsp3) is 0.476. The van der Waals surface area contributed by atoms with Crippen LogP contribution in [-0.2, 0) is 4.79 Å². The smallest absolute Gasteiger partial charge is 0.257 e. The van der Waals surface area contributed by atoms with Crippen LogP contribution < -0.4 is 20.3 Å². The number of methoxy groups -OCH3 is 1. The number of hydrogen-bond donors (Lipinski definition) is 2. The number of fused-ring (bicyclic) bond motifs is 1. The van der Waals surface area contributed by atoms with E-state index in [-0.39, 0.29) is 17.9 Å². The summed E-state index contributed by atoms with van der Waals surface area (Å²) in [5.74, 6) is 2.23. The number of aromatic nitrogens is 2. The van der Waals surface area contributed by atoms with Crippen LogP contribution in [0.1, 0.15) is 50.7 Å². The Kier molecular flexibility index (Phi) is 6.84. The van der Waals surface area contributed by atoms with Gasteiger partial charge in [-0.3, -0.25) is 9.59 Å². The maximum Gasteiger partial charge on any atom is 0.257 e. The zero-order chi connectivity index (χ0) is 21.0. The van der Waals surface area contributed by atoms with Gasteiger partial charge in [0.1, 0.15) is 5.82 Å². The van der Waals surface area contributed by atoms with Crippen LogP contribution in [0, 0.1) is 5.92 Å². The van der Waals surface area contributed by atoms with E-state index >= 15 is 0 Å². The standard InChI is InChI=1S/C21H27N3O4S/c1-5-8-29-21-23-19-18(20(26)24-21)14(10-17(25)22-19)13-6-7-15(16(9-13)27-4)28-11-12(2)3/h6-7,9,12,14H,5,8,10-11H2,1-4H3,(H2,22,23,24,25,26)/t14-/m1/s1. The van der Waals surface area contributed by atoms with Crippen molar-refractivity contribution in [3.05, 3.63) is 39.7 Å². The maximum absolute atomic E-state index is 12.8. The number of hydrogen-bond acceptors (Lipinski definition) is 6. The SMILES string of the molecule is CCCSc1nc2c(c(=O)[nH]1)[C@@H](c1ccc(OCC(C)C)c(OC)c1)CC(=O)N2. The van der Waals surface area contributed by atoms with Gasteiger partial charge in [0.25, 0.3) is 5.56 Å². The van der Waals surface area contributed by atoms with Crippen molar-refractivity contribution >= 4 is 23.5 Å². The second kappa shape index (κ2) is 9.35. The highest BCUT2D eigenvalue weighted by Crippen LogP contribution is 2.38. The van der Waals surface area contributed by atoms with Crippen molar-refractivity contribution < 1.29 is 14.3 Å². The van der Waals surface area contributed by atoms with Gasteiger partial charge in [0.2, 0.25) is 5.91 Å². The third kappa shape index (κ3) is 4.93. The summed E-state index contributed by atoms with van der Waals surface area (Å²) in [6.45, 7) is 6.78. The van der Waals surface area contributed by atoms with E-state index in [2.05, 4.69) is 36.1 Å². The summed E-state index contributed by atoms with van der Waals surface area (Å²) in [4.78, 5) is 32.5. The van der Waals surface area contributed by atoms with Gasteiger partial charge in [-0.05, 0) is 30.0 Å². The summed E-state index contributed by atoms with van der Waals surface area (Å²) >= 11 is 1.47. The van der Waals surface area contributed by atoms with E-state index in [0.29, 0.717) is 40.6 Å². The Hall–Kier alpha value is -2.48. The number of nitrogens with zero attached hydrogens (tertiary/aromatic N) is 1. The predicted octanol–water partition coefficient (Wildman–Crippen LogP) is 3.79. The predicted molar refractivity (Wildman–Crippen MR) is 114 cm³/mol. The van der Waals surface area contributed by atoms with Crippen molar-refractivity contribution in [2.24, 2.45) is 5.92 Å². The Labute approximate surface area is 174 Å². The van der Waals surface area contributed by atoms with Gasteiger partial charge in [0.15, 0.2) is 16.7 Å². The minimum Gasteiger partial charge on any atom is -0.493 e. The van der Waals surface area contributed by atoms with Gasteiger partial charge in [0, 0.05) is 18.1 Å². The molecule has 0 unspecified atom stereocenters. The zero-order valence-corrected chi connectivity index (χ0v) is 18.0. The molecule has 0 saturated heterocycles. The van der Waals surface area contributed by atoms with Crippen molar-refractivity contribution in [3.8, 4) is 11.5 Å². The van der Waals surface area contributed by atoms with Gasteiger partial charge in [-0.25, -0.2) is 4.98 Å². The van der Waals surface area contributed by atoms with E-state index in [4.69, 9.17) is 9.47 Å². The molecule has 2 aromatic rings. The van der Waals surface area contributed by atoms with E-state index in [1.807, 2.05) is 18.2 Å². The summed E-state index contributed by atoms with van der Waals surface area (Å²) in [7, 11) is 1.58. The Bertz CT molecular complexity index is 942. The van der Waals surface area contributed by atoms with Crippen LogP contribution in [0.25, 0.3) is 0 Å². The molecule has 0 spiro atoms. The van der Waals surface area contributed by atoms with E-state index in [1.165, 1.54) is 11.8 Å². The van der Waals surface area contributed by atoms with E-state index in [0.717, 1.165) is 17.7 Å². The molecular weight excluding hydrogens is 390 g/mol. The highest BCUT2D eigenvalue weighted by molar-refractivity contribution is 7.99. The van der Waals surface area contributed by atoms with Crippen LogP contribution in [0.2, 0.25) is 0 Å². The molecule has 29 heavy (non-hydrogen) atoms. The lowest BCUT2D eigenvalue weighted by Gasteiger charge is -2.25. The Morgan fingerprint density at radius 3 is 2.76 bits per heavy atom. The lowest BCUT2D eigenvalue weighted by molar-refractivity contribution is -0.116. The van der Waals surface area contributed by atoms with Crippen LogP contribution in [0.15, 0.2) is 28.2 Å². The third-order valence-corrected chi connectivity index (χ3v) is 5.61. The summed E-state index contributed by atoms with van der Waals surface area (Å²) in [6.07, 6.45) is 1.14. The summed E-state index contributed by atoms with van der Waals surface area (Å²) in [5.41, 5.74) is 1.07. The molecule has 1 amide bonds. The van der Waals surface area contributed by atoms with Crippen molar-refractivity contribution in [2.45, 2.75) is 44.7 Å². The Balaban J connectivity index is 1.98. The van der Waals surface area contributed by atoms with Gasteiger partial charge < -0.3 is 19.8 Å². The second-order valence-electron chi connectivity index (χ2n) is 7.40. The first-order chi connectivity index (χ1) is 13.9. The fourth-order valence-electron chi connectivity index (χ4n) is 3.18. The number of nitrogens with one attached hydrogen (secondary N) is 2. The fourth-order valence-corrected chi connectivity index (χ4v) is 3.90. The zero-order valence-electron chi connectivity index (χ0n) is 17.2. The molecule has 8 heteroatoms. The maximum atomic E-state index is 12.8. The number of carbonyl (C=O) groups excluding carboxylic acids is 1. The normalized spacial score (nSPS) is 15.8. The third-order valence-electron chi connectivity index (χ3n) is 4.53. The lowest BCUT2D eigenvalue weighted by Crippen LogP contribution is -2.31. The van der Waals surface area contributed by atoms with Crippen LogP contribution in [0.5, 0.6) is 11.5 Å². The Morgan fingerprint density at radius 2 is 2.07 bits per heavy atom. The van der Waals surface area contributed by atoms with Crippen LogP contribution in [0.4, 0.5) is 5.82 Å². The van der Waals surface area contributed by atoms with E-state index in [9.17, 15) is 9.59 Å². The second-order valence-corrected chi connectivity index (χ2v) is 8.49. The van der Waals surface area contributed by atoms with Crippen LogP contribution in [0.3, 0.4) is 0 Å². The number of amides is 1. The first-order valence-corrected chi connectivity index (χ1v) is 10.8. The first kappa shape index (κ1) is 21.2. The number of ether oxygens (including phenoxy) is 2. The quantitative estimate of drug-likeness (QED) is 0.501. The molecule has 0 radical (unpaired) electrons. The molecule has 1 aliphatic heterocycles. The molecule has 0 aliphatic carbocycles. The molecular formula is C21H27N3O4S. The topological polar surface area (TPSA) is 93.3 Å². The van der Waals surface area contributed by atoms with Crippen molar-refractivity contribution in [1.82, 2.24) is 9.97 Å². The van der Waals surface area contributed by atoms with Gasteiger partial charge in [-0.15, -0.1) is 0 Å². The average Bonchev–Trinajstić information content (AvgIpc) is 2.69. The van der Waals surface area contributed by atoms with E-state index in [1.54, 1.807) is 7.11 Å². The molecule has 1 aliphatic rings. The minimum absolute atomic E-state index is 0.161. The monoisotopic (exact) mass is 417 g/mol. The van der Waals surface area contributed by atoms with Gasteiger partial charge >= 0.3 is 0 Å². The molecule has 0 saturated carbocycles. The van der Waals surface area contributed by atoms with Gasteiger partial charge in [-0.1, -0.05) is 38.6 Å². The molecule has 2 N–H and O–H groups in total. The number of thioether (sulfide) groups is 1. The molecule has 1 aromatic heterocycles. The number of benzene rings is 1. The molecule has 1 atom stereocenters. The summed E-state index contributed by atoms with van der Waals surface area (Å²) < 4.78 is 11.3. The van der Waals surface area contributed by atoms with Crippen molar-refractivity contribution in [1.29, 1.82) is 0 Å². The molecule has 0 bridgehead atoms. The van der Waals surface area contributed by atoms with Crippen LogP contribution >= 0.6 is 11.8 Å². The molecule has 1 aromatic carbocycles. The number of carbonyl (C=O) groups is 1. The largest absolute Gasteiger partial charge is 0.493 e. The number of rotatable bonds is 8. The molecule has 3 rings (SSSR count). The molecule has 2 heterocycles. The molecule has 156 valence electrons. The van der Waals surface area contributed by atoms with E-state index < -0.39 is 5.92 Å². The number of anilines is 1. The number of H-pyrrole nitrogens is 1. The highest BCUT2D eigenvalue weighted by atomic mass is 32.2. The van der Waals surface area contributed by atoms with Crippen molar-refractivity contribution in [3.63, 3.8) is 0 Å². The van der Waals surface area contributed by atoms with Crippen LogP contribution in [-0.4, -0.2) is 35.3 Å².